The highest BCUT2D eigenvalue weighted by Gasteiger charge is 2.37. The van der Waals surface area contributed by atoms with E-state index < -0.39 is 57.5 Å². The van der Waals surface area contributed by atoms with Crippen LogP contribution in [0, 0.1) is 0 Å². The van der Waals surface area contributed by atoms with Gasteiger partial charge in [-0.15, -0.1) is 0 Å². The minimum atomic E-state index is -5.04. The van der Waals surface area contributed by atoms with Crippen LogP contribution in [0.4, 0.5) is 50.9 Å². The Morgan fingerprint density at radius 2 is 0.844 bits per heavy atom. The Kier molecular flexibility index (Phi) is 5.56. The molecular weight excluding hydrogens is 451 g/mol. The maximum Gasteiger partial charge on any atom is 0.417 e. The fourth-order valence-electron chi connectivity index (χ4n) is 3.20. The van der Waals surface area contributed by atoms with Crippen molar-refractivity contribution in [1.29, 1.82) is 0 Å². The molecule has 0 aliphatic rings. The maximum atomic E-state index is 13.5. The summed E-state index contributed by atoms with van der Waals surface area (Å²) in [6.45, 7) is 0. The van der Waals surface area contributed by atoms with Gasteiger partial charge in [0.15, 0.2) is 0 Å². The van der Waals surface area contributed by atoms with E-state index in [9.17, 15) is 39.5 Å². The lowest BCUT2D eigenvalue weighted by Gasteiger charge is -2.19. The molecule has 0 spiro atoms. The summed E-state index contributed by atoms with van der Waals surface area (Å²) in [6, 6.07) is 6.62. The molecule has 0 fully saturated rings. The van der Waals surface area contributed by atoms with Crippen molar-refractivity contribution in [1.82, 2.24) is 0 Å². The second-order valence-electron chi connectivity index (χ2n) is 6.90. The second-order valence-corrected chi connectivity index (χ2v) is 6.90. The van der Waals surface area contributed by atoms with E-state index in [2.05, 4.69) is 0 Å². The molecule has 0 saturated heterocycles. The highest BCUT2D eigenvalue weighted by Crippen LogP contribution is 2.44. The molecule has 170 valence electrons. The van der Waals surface area contributed by atoms with Gasteiger partial charge in [0.25, 0.3) is 0 Å². The third kappa shape index (κ3) is 4.76. The molecule has 11 heteroatoms. The highest BCUT2D eigenvalue weighted by atomic mass is 19.4. The van der Waals surface area contributed by atoms with Crippen LogP contribution in [0.25, 0.3) is 22.3 Å². The zero-order valence-electron chi connectivity index (χ0n) is 15.8. The van der Waals surface area contributed by atoms with Gasteiger partial charge < -0.3 is 11.5 Å². The second kappa shape index (κ2) is 7.64. The van der Waals surface area contributed by atoms with Gasteiger partial charge in [0.1, 0.15) is 0 Å². The van der Waals surface area contributed by atoms with Crippen LogP contribution >= 0.6 is 0 Å². The summed E-state index contributed by atoms with van der Waals surface area (Å²) < 4.78 is 121. The van der Waals surface area contributed by atoms with Crippen LogP contribution in [0.2, 0.25) is 0 Å². The topological polar surface area (TPSA) is 52.0 Å². The first-order valence-corrected chi connectivity index (χ1v) is 8.74. The molecule has 0 unspecified atom stereocenters. The number of hydrogen-bond donors (Lipinski definition) is 2. The zero-order chi connectivity index (χ0) is 24.1. The minimum absolute atomic E-state index is 0.286. The van der Waals surface area contributed by atoms with Gasteiger partial charge in [-0.3, -0.25) is 0 Å². The fraction of sp³-hybridized carbons (Fsp3) is 0.143. The number of anilines is 2. The molecule has 0 aliphatic carbocycles. The Morgan fingerprint density at radius 1 is 0.469 bits per heavy atom. The zero-order valence-corrected chi connectivity index (χ0v) is 15.8. The molecule has 0 amide bonds. The summed E-state index contributed by atoms with van der Waals surface area (Å²) in [4.78, 5) is 0. The summed E-state index contributed by atoms with van der Waals surface area (Å²) in [6.07, 6.45) is -15.0. The van der Waals surface area contributed by atoms with Crippen LogP contribution in [-0.4, -0.2) is 0 Å². The van der Waals surface area contributed by atoms with Gasteiger partial charge in [-0.05, 0) is 64.7 Å². The van der Waals surface area contributed by atoms with Gasteiger partial charge in [-0.1, -0.05) is 12.1 Å². The molecule has 3 aromatic carbocycles. The molecule has 3 rings (SSSR count). The van der Waals surface area contributed by atoms with E-state index in [1.807, 2.05) is 0 Å². The normalized spacial score (nSPS) is 12.8. The van der Waals surface area contributed by atoms with E-state index in [0.29, 0.717) is 24.3 Å². The third-order valence-electron chi connectivity index (χ3n) is 4.58. The minimum Gasteiger partial charge on any atom is -0.399 e. The lowest BCUT2D eigenvalue weighted by molar-refractivity contribution is -0.137. The molecule has 4 N–H and O–H groups in total. The standard InChI is InChI=1S/C21H13F9N2/c22-19(23,24)12-6-10(15-3-1-13(31)8-17(15)20(25,26)27)5-11(7-12)16-4-2-14(32)9-18(16)21(28,29)30/h1-9H,31-32H2. The first-order valence-electron chi connectivity index (χ1n) is 8.74. The number of nitrogens with two attached hydrogens (primary N) is 2. The van der Waals surface area contributed by atoms with Crippen molar-refractivity contribution >= 4 is 11.4 Å². The van der Waals surface area contributed by atoms with Gasteiger partial charge in [-0.25, -0.2) is 0 Å². The summed E-state index contributed by atoms with van der Waals surface area (Å²) in [5.74, 6) is 0. The quantitative estimate of drug-likeness (QED) is 0.310. The molecule has 3 aromatic rings. The largest absolute Gasteiger partial charge is 0.417 e. The van der Waals surface area contributed by atoms with Crippen molar-refractivity contribution in [3.8, 4) is 22.3 Å². The first kappa shape index (κ1) is 23.3. The Hall–Kier alpha value is -3.37. The number of rotatable bonds is 2. The van der Waals surface area contributed by atoms with Gasteiger partial charge in [0, 0.05) is 11.4 Å². The number of nitrogen functional groups attached to an aromatic ring is 2. The van der Waals surface area contributed by atoms with Gasteiger partial charge in [-0.2, -0.15) is 39.5 Å². The highest BCUT2D eigenvalue weighted by molar-refractivity contribution is 5.79. The summed E-state index contributed by atoms with van der Waals surface area (Å²) >= 11 is 0. The lowest BCUT2D eigenvalue weighted by Crippen LogP contribution is -2.11. The van der Waals surface area contributed by atoms with Crippen LogP contribution < -0.4 is 11.5 Å². The van der Waals surface area contributed by atoms with Crippen LogP contribution in [0.1, 0.15) is 16.7 Å². The van der Waals surface area contributed by atoms with Crippen molar-refractivity contribution in [3.63, 3.8) is 0 Å². The average Bonchev–Trinajstić information content (AvgIpc) is 2.65. The Labute approximate surface area is 175 Å². The Morgan fingerprint density at radius 3 is 1.16 bits per heavy atom. The molecule has 0 atom stereocenters. The Bertz CT molecular complexity index is 1080. The summed E-state index contributed by atoms with van der Waals surface area (Å²) in [7, 11) is 0. The van der Waals surface area contributed by atoms with E-state index >= 15 is 0 Å². The number of alkyl halides is 9. The van der Waals surface area contributed by atoms with Crippen molar-refractivity contribution in [2.75, 3.05) is 11.5 Å². The molecule has 0 radical (unpaired) electrons. The fourth-order valence-corrected chi connectivity index (χ4v) is 3.20. The van der Waals surface area contributed by atoms with Crippen molar-refractivity contribution in [3.05, 3.63) is 71.3 Å². The maximum absolute atomic E-state index is 13.5. The predicted octanol–water partition coefficient (Wildman–Crippen LogP) is 7.24. The number of hydrogen-bond acceptors (Lipinski definition) is 2. The van der Waals surface area contributed by atoms with E-state index in [4.69, 9.17) is 11.5 Å². The van der Waals surface area contributed by atoms with E-state index in [0.717, 1.165) is 30.3 Å². The first-order chi connectivity index (χ1) is 14.6. The average molecular weight is 464 g/mol. The molecule has 0 saturated carbocycles. The number of halogens is 9. The van der Waals surface area contributed by atoms with Crippen LogP contribution in [0.3, 0.4) is 0 Å². The molecule has 2 nitrogen and oxygen atoms in total. The smallest absolute Gasteiger partial charge is 0.399 e. The third-order valence-corrected chi connectivity index (χ3v) is 4.58. The monoisotopic (exact) mass is 464 g/mol. The predicted molar refractivity (Wildman–Crippen MR) is 101 cm³/mol. The van der Waals surface area contributed by atoms with E-state index in [1.165, 1.54) is 0 Å². The SMILES string of the molecule is Nc1ccc(-c2cc(-c3ccc(N)cc3C(F)(F)F)cc(C(F)(F)F)c2)c(C(F)(F)F)c1. The van der Waals surface area contributed by atoms with Gasteiger partial charge >= 0.3 is 18.5 Å². The van der Waals surface area contributed by atoms with Gasteiger partial charge in [0.2, 0.25) is 0 Å². The summed E-state index contributed by atoms with van der Waals surface area (Å²) in [5.41, 5.74) is 3.66. The molecule has 0 aliphatic heterocycles. The van der Waals surface area contributed by atoms with Crippen molar-refractivity contribution in [2.24, 2.45) is 0 Å². The lowest BCUT2D eigenvalue weighted by atomic mass is 9.91. The van der Waals surface area contributed by atoms with Crippen molar-refractivity contribution in [2.45, 2.75) is 18.5 Å². The Balaban J connectivity index is 2.37. The molecule has 0 heterocycles. The van der Waals surface area contributed by atoms with Crippen LogP contribution in [-0.2, 0) is 18.5 Å². The van der Waals surface area contributed by atoms with Crippen LogP contribution in [0.5, 0.6) is 0 Å². The van der Waals surface area contributed by atoms with E-state index in [1.54, 1.807) is 0 Å². The van der Waals surface area contributed by atoms with Crippen molar-refractivity contribution < 1.29 is 39.5 Å². The van der Waals surface area contributed by atoms with E-state index in [-0.39, 0.29) is 11.4 Å². The molecule has 32 heavy (non-hydrogen) atoms. The molecule has 0 bridgehead atoms. The molecular formula is C21H13F9N2. The van der Waals surface area contributed by atoms with Crippen LogP contribution in [0.15, 0.2) is 54.6 Å². The number of benzene rings is 3. The summed E-state index contributed by atoms with van der Waals surface area (Å²) in [5, 5.41) is 0. The molecule has 0 aromatic heterocycles. The van der Waals surface area contributed by atoms with Gasteiger partial charge in [0.05, 0.1) is 16.7 Å².